The summed E-state index contributed by atoms with van der Waals surface area (Å²) in [4.78, 5) is 11.1. The van der Waals surface area contributed by atoms with Gasteiger partial charge >= 0.3 is 5.63 Å². The van der Waals surface area contributed by atoms with Gasteiger partial charge in [-0.05, 0) is 36.4 Å². The Balaban J connectivity index is 1.97. The van der Waals surface area contributed by atoms with Gasteiger partial charge in [0.15, 0.2) is 0 Å². The molecule has 0 aliphatic heterocycles. The molecular formula is C16H12ClNO5S. The second-order valence-electron chi connectivity index (χ2n) is 4.91. The van der Waals surface area contributed by atoms with Gasteiger partial charge in [0.05, 0.1) is 12.1 Å². The van der Waals surface area contributed by atoms with E-state index in [1.165, 1.54) is 43.5 Å². The van der Waals surface area contributed by atoms with E-state index in [4.69, 9.17) is 20.8 Å². The zero-order valence-corrected chi connectivity index (χ0v) is 14.0. The molecule has 1 N–H and O–H groups in total. The van der Waals surface area contributed by atoms with Gasteiger partial charge in [-0.2, -0.15) is 0 Å². The van der Waals surface area contributed by atoms with E-state index in [-0.39, 0.29) is 9.92 Å². The summed E-state index contributed by atoms with van der Waals surface area (Å²) in [6.07, 6.45) is 0. The SMILES string of the molecule is COc1ccc(S(=O)(=O)Nc2ccc3oc(=O)ccc3c2)c(Cl)c1. The molecule has 0 unspecified atom stereocenters. The Morgan fingerprint density at radius 3 is 2.58 bits per heavy atom. The van der Waals surface area contributed by atoms with Crippen LogP contribution in [0.5, 0.6) is 5.75 Å². The molecule has 0 fully saturated rings. The molecule has 0 atom stereocenters. The van der Waals surface area contributed by atoms with Crippen LogP contribution in [0.25, 0.3) is 11.0 Å². The number of sulfonamides is 1. The third kappa shape index (κ3) is 3.22. The first kappa shape index (κ1) is 16.4. The van der Waals surface area contributed by atoms with Crippen molar-refractivity contribution < 1.29 is 17.6 Å². The Kier molecular flexibility index (Phi) is 4.21. The number of halogens is 1. The van der Waals surface area contributed by atoms with Crippen LogP contribution in [0, 0.1) is 0 Å². The summed E-state index contributed by atoms with van der Waals surface area (Å²) in [5.74, 6) is 0.458. The van der Waals surface area contributed by atoms with Gasteiger partial charge in [-0.3, -0.25) is 4.72 Å². The Hall–Kier alpha value is -2.51. The van der Waals surface area contributed by atoms with Crippen LogP contribution < -0.4 is 15.1 Å². The lowest BCUT2D eigenvalue weighted by Crippen LogP contribution is -2.13. The first-order valence-electron chi connectivity index (χ1n) is 6.79. The smallest absolute Gasteiger partial charge is 0.336 e. The quantitative estimate of drug-likeness (QED) is 0.717. The summed E-state index contributed by atoms with van der Waals surface area (Å²) in [6, 6.07) is 11.7. The number of nitrogens with one attached hydrogen (secondary N) is 1. The van der Waals surface area contributed by atoms with Crippen LogP contribution >= 0.6 is 11.6 Å². The molecule has 0 saturated heterocycles. The maximum absolute atomic E-state index is 12.5. The molecule has 8 heteroatoms. The first-order valence-corrected chi connectivity index (χ1v) is 8.65. The van der Waals surface area contributed by atoms with Crippen molar-refractivity contribution >= 4 is 38.3 Å². The third-order valence-corrected chi connectivity index (χ3v) is 5.16. The molecule has 0 aliphatic carbocycles. The van der Waals surface area contributed by atoms with E-state index >= 15 is 0 Å². The van der Waals surface area contributed by atoms with Crippen molar-refractivity contribution in [2.24, 2.45) is 0 Å². The van der Waals surface area contributed by atoms with E-state index in [0.29, 0.717) is 22.4 Å². The van der Waals surface area contributed by atoms with Crippen LogP contribution in [0.3, 0.4) is 0 Å². The lowest BCUT2D eigenvalue weighted by atomic mass is 10.2. The van der Waals surface area contributed by atoms with Crippen molar-refractivity contribution in [1.82, 2.24) is 0 Å². The highest BCUT2D eigenvalue weighted by Crippen LogP contribution is 2.28. The van der Waals surface area contributed by atoms with Gasteiger partial charge in [-0.1, -0.05) is 11.6 Å². The first-order chi connectivity index (χ1) is 11.4. The fourth-order valence-corrected chi connectivity index (χ4v) is 3.76. The van der Waals surface area contributed by atoms with Crippen LogP contribution in [0.1, 0.15) is 0 Å². The van der Waals surface area contributed by atoms with Crippen molar-refractivity contribution in [3.63, 3.8) is 0 Å². The minimum atomic E-state index is -3.88. The molecule has 3 rings (SSSR count). The normalized spacial score (nSPS) is 11.4. The predicted octanol–water partition coefficient (Wildman–Crippen LogP) is 3.26. The lowest BCUT2D eigenvalue weighted by Gasteiger charge is -2.11. The van der Waals surface area contributed by atoms with E-state index in [1.807, 2.05) is 0 Å². The number of hydrogen-bond donors (Lipinski definition) is 1. The van der Waals surface area contributed by atoms with Gasteiger partial charge in [0.25, 0.3) is 10.0 Å². The highest BCUT2D eigenvalue weighted by molar-refractivity contribution is 7.92. The van der Waals surface area contributed by atoms with Crippen molar-refractivity contribution in [2.75, 3.05) is 11.8 Å². The maximum atomic E-state index is 12.5. The summed E-state index contributed by atoms with van der Waals surface area (Å²) in [7, 11) is -2.41. The molecule has 0 aliphatic rings. The monoisotopic (exact) mass is 365 g/mol. The number of methoxy groups -OCH3 is 1. The van der Waals surface area contributed by atoms with Crippen molar-refractivity contribution in [3.05, 3.63) is 64.0 Å². The van der Waals surface area contributed by atoms with Crippen LogP contribution in [0.2, 0.25) is 5.02 Å². The second-order valence-corrected chi connectivity index (χ2v) is 6.97. The summed E-state index contributed by atoms with van der Waals surface area (Å²) in [5.41, 5.74) is 0.219. The second kappa shape index (κ2) is 6.18. The fraction of sp³-hybridized carbons (Fsp3) is 0.0625. The van der Waals surface area contributed by atoms with Gasteiger partial charge < -0.3 is 9.15 Å². The molecule has 124 valence electrons. The number of benzene rings is 2. The molecule has 0 spiro atoms. The Morgan fingerprint density at radius 1 is 1.08 bits per heavy atom. The molecule has 6 nitrogen and oxygen atoms in total. The number of hydrogen-bond acceptors (Lipinski definition) is 5. The van der Waals surface area contributed by atoms with Gasteiger partial charge in [0.1, 0.15) is 16.2 Å². The largest absolute Gasteiger partial charge is 0.497 e. The van der Waals surface area contributed by atoms with Gasteiger partial charge in [0, 0.05) is 23.2 Å². The standard InChI is InChI=1S/C16H12ClNO5S/c1-22-12-4-6-15(13(17)9-12)24(20,21)18-11-3-5-14-10(8-11)2-7-16(19)23-14/h2-9,18H,1H3. The summed E-state index contributed by atoms with van der Waals surface area (Å²) < 4.78 is 37.5. The molecule has 0 amide bonds. The molecule has 24 heavy (non-hydrogen) atoms. The minimum Gasteiger partial charge on any atom is -0.497 e. The Labute approximate surface area is 142 Å². The van der Waals surface area contributed by atoms with Crippen molar-refractivity contribution in [2.45, 2.75) is 4.90 Å². The molecular weight excluding hydrogens is 354 g/mol. The average molecular weight is 366 g/mol. The average Bonchev–Trinajstić information content (AvgIpc) is 2.54. The molecule has 1 heterocycles. The summed E-state index contributed by atoms with van der Waals surface area (Å²) >= 11 is 6.02. The van der Waals surface area contributed by atoms with E-state index < -0.39 is 15.6 Å². The highest BCUT2D eigenvalue weighted by atomic mass is 35.5. The summed E-state index contributed by atoms with van der Waals surface area (Å²) in [6.45, 7) is 0. The summed E-state index contributed by atoms with van der Waals surface area (Å²) in [5, 5.41) is 0.643. The van der Waals surface area contributed by atoms with E-state index in [1.54, 1.807) is 12.1 Å². The van der Waals surface area contributed by atoms with Crippen LogP contribution in [0.15, 0.2) is 62.6 Å². The van der Waals surface area contributed by atoms with Gasteiger partial charge in [0.2, 0.25) is 0 Å². The number of ether oxygens (including phenoxy) is 1. The third-order valence-electron chi connectivity index (χ3n) is 3.30. The predicted molar refractivity (Wildman–Crippen MR) is 91.3 cm³/mol. The molecule has 0 radical (unpaired) electrons. The minimum absolute atomic E-state index is 0.0497. The van der Waals surface area contributed by atoms with E-state index in [9.17, 15) is 13.2 Å². The molecule has 0 bridgehead atoms. The van der Waals surface area contributed by atoms with Gasteiger partial charge in [-0.25, -0.2) is 13.2 Å². The van der Waals surface area contributed by atoms with Crippen molar-refractivity contribution in [1.29, 1.82) is 0 Å². The topological polar surface area (TPSA) is 85.6 Å². The van der Waals surface area contributed by atoms with E-state index in [2.05, 4.69) is 4.72 Å². The number of fused-ring (bicyclic) bond motifs is 1. The number of rotatable bonds is 4. The fourth-order valence-electron chi connectivity index (χ4n) is 2.17. The van der Waals surface area contributed by atoms with E-state index in [0.717, 1.165) is 0 Å². The van der Waals surface area contributed by atoms with Gasteiger partial charge in [-0.15, -0.1) is 0 Å². The zero-order chi connectivity index (χ0) is 17.3. The molecule has 3 aromatic rings. The Bertz CT molecular complexity index is 1080. The number of anilines is 1. The maximum Gasteiger partial charge on any atom is 0.336 e. The molecule has 1 aromatic heterocycles. The van der Waals surface area contributed by atoms with Crippen LogP contribution in [-0.2, 0) is 10.0 Å². The molecule has 0 saturated carbocycles. The zero-order valence-electron chi connectivity index (χ0n) is 12.4. The lowest BCUT2D eigenvalue weighted by molar-refractivity contribution is 0.414. The van der Waals surface area contributed by atoms with Crippen LogP contribution in [-0.4, -0.2) is 15.5 Å². The highest BCUT2D eigenvalue weighted by Gasteiger charge is 2.19. The Morgan fingerprint density at radius 2 is 1.88 bits per heavy atom. The van der Waals surface area contributed by atoms with Crippen LogP contribution in [0.4, 0.5) is 5.69 Å². The van der Waals surface area contributed by atoms with Crippen molar-refractivity contribution in [3.8, 4) is 5.75 Å². The molecule has 2 aromatic carbocycles.